The molecule has 0 saturated heterocycles. The summed E-state index contributed by atoms with van der Waals surface area (Å²) < 4.78 is 0. The normalized spacial score (nSPS) is 12.9. The minimum absolute atomic E-state index is 0.167. The van der Waals surface area contributed by atoms with Crippen LogP contribution in [-0.4, -0.2) is 15.0 Å². The van der Waals surface area contributed by atoms with Gasteiger partial charge in [0, 0.05) is 34.5 Å². The Morgan fingerprint density at radius 2 is 1.00 bits per heavy atom. The van der Waals surface area contributed by atoms with E-state index in [2.05, 4.69) is 170 Å². The van der Waals surface area contributed by atoms with Crippen molar-refractivity contribution in [1.82, 2.24) is 15.0 Å². The molecule has 10 rings (SSSR count). The molecule has 1 aliphatic carbocycles. The zero-order chi connectivity index (χ0) is 35.5. The van der Waals surface area contributed by atoms with Crippen molar-refractivity contribution in [2.75, 3.05) is 0 Å². The van der Waals surface area contributed by atoms with E-state index in [1.807, 2.05) is 18.3 Å². The van der Waals surface area contributed by atoms with Gasteiger partial charge in [-0.05, 0) is 96.4 Å². The first kappa shape index (κ1) is 31.1. The molecule has 3 heteroatoms. The molecule has 0 aliphatic heterocycles. The third-order valence-electron chi connectivity index (χ3n) is 11.0. The molecule has 250 valence electrons. The smallest absolute Gasteiger partial charge is 0.161 e. The molecule has 9 aromatic rings. The van der Waals surface area contributed by atoms with Crippen LogP contribution >= 0.6 is 0 Å². The molecule has 0 bridgehead atoms. The molecule has 0 unspecified atom stereocenters. The van der Waals surface area contributed by atoms with E-state index in [9.17, 15) is 0 Å². The topological polar surface area (TPSA) is 38.7 Å². The molecule has 0 spiro atoms. The van der Waals surface area contributed by atoms with Crippen LogP contribution < -0.4 is 0 Å². The number of rotatable bonds is 5. The quantitative estimate of drug-likeness (QED) is 0.182. The van der Waals surface area contributed by atoms with E-state index in [0.717, 1.165) is 44.6 Å². The van der Waals surface area contributed by atoms with Crippen molar-refractivity contribution < 1.29 is 0 Å². The molecule has 2 heterocycles. The Bertz CT molecular complexity index is 2840. The average Bonchev–Trinajstić information content (AvgIpc) is 3.45. The first-order chi connectivity index (χ1) is 26.0. The van der Waals surface area contributed by atoms with Gasteiger partial charge >= 0.3 is 0 Å². The molecule has 0 N–H and O–H groups in total. The maximum Gasteiger partial charge on any atom is 0.161 e. The number of nitrogens with zero attached hydrogens (tertiary/aromatic N) is 3. The van der Waals surface area contributed by atoms with E-state index >= 15 is 0 Å². The monoisotopic (exact) mass is 677 g/mol. The fourth-order valence-electron chi connectivity index (χ4n) is 8.36. The highest BCUT2D eigenvalue weighted by molar-refractivity contribution is 6.06. The Balaban J connectivity index is 1.13. The third-order valence-corrected chi connectivity index (χ3v) is 11.0. The summed E-state index contributed by atoms with van der Waals surface area (Å²) in [5.74, 6) is 0.707. The number of benzene rings is 7. The van der Waals surface area contributed by atoms with Gasteiger partial charge in [0.1, 0.15) is 0 Å². The van der Waals surface area contributed by atoms with Crippen LogP contribution in [0.25, 0.3) is 88.8 Å². The highest BCUT2D eigenvalue weighted by atomic mass is 14.9. The van der Waals surface area contributed by atoms with E-state index in [1.165, 1.54) is 49.5 Å². The van der Waals surface area contributed by atoms with Crippen molar-refractivity contribution in [1.29, 1.82) is 0 Å². The summed E-state index contributed by atoms with van der Waals surface area (Å²) in [5.41, 5.74) is 14.8. The molecular formula is C50H35N3. The summed E-state index contributed by atoms with van der Waals surface area (Å²) >= 11 is 0. The Kier molecular flexibility index (Phi) is 7.16. The van der Waals surface area contributed by atoms with E-state index in [0.29, 0.717) is 5.82 Å². The fourth-order valence-corrected chi connectivity index (χ4v) is 8.36. The van der Waals surface area contributed by atoms with Crippen molar-refractivity contribution in [2.24, 2.45) is 0 Å². The predicted octanol–water partition coefficient (Wildman–Crippen LogP) is 12.8. The van der Waals surface area contributed by atoms with E-state index in [4.69, 9.17) is 9.97 Å². The summed E-state index contributed by atoms with van der Waals surface area (Å²) in [4.78, 5) is 14.8. The van der Waals surface area contributed by atoms with Crippen molar-refractivity contribution in [3.8, 4) is 67.3 Å². The van der Waals surface area contributed by atoms with Crippen LogP contribution in [0.15, 0.2) is 176 Å². The van der Waals surface area contributed by atoms with Crippen LogP contribution in [0.1, 0.15) is 25.0 Å². The van der Waals surface area contributed by atoms with Gasteiger partial charge in [0.2, 0.25) is 0 Å². The van der Waals surface area contributed by atoms with Crippen molar-refractivity contribution in [2.45, 2.75) is 19.3 Å². The van der Waals surface area contributed by atoms with Crippen molar-refractivity contribution in [3.63, 3.8) is 0 Å². The molecule has 2 aromatic heterocycles. The third kappa shape index (κ3) is 5.16. The molecule has 0 saturated carbocycles. The number of hydrogen-bond acceptors (Lipinski definition) is 3. The fraction of sp³-hybridized carbons (Fsp3) is 0.0600. The number of hydrogen-bond donors (Lipinski definition) is 0. The van der Waals surface area contributed by atoms with Gasteiger partial charge in [-0.1, -0.05) is 147 Å². The van der Waals surface area contributed by atoms with E-state index in [1.54, 1.807) is 6.20 Å². The molecule has 7 aromatic carbocycles. The van der Waals surface area contributed by atoms with E-state index in [-0.39, 0.29) is 5.41 Å². The summed E-state index contributed by atoms with van der Waals surface area (Å²) in [7, 11) is 0. The molecule has 53 heavy (non-hydrogen) atoms. The summed E-state index contributed by atoms with van der Waals surface area (Å²) in [6.45, 7) is 4.75. The average molecular weight is 678 g/mol. The maximum absolute atomic E-state index is 5.27. The van der Waals surface area contributed by atoms with Crippen molar-refractivity contribution in [3.05, 3.63) is 187 Å². The summed E-state index contributed by atoms with van der Waals surface area (Å²) in [5, 5.41) is 4.87. The largest absolute Gasteiger partial charge is 0.264 e. The standard InChI is InChI=1S/C50H35N3/c1-50(2)45-29-36-15-7-6-14-35(36)28-44(45)42-20-10-19-41(48(42)50)40-25-26-43(39-18-9-8-17-38(39)40)49-52-46(33-12-4-3-5-13-33)30-47(53-49)34-23-21-32(22-24-34)37-16-11-27-51-31-37/h3-31H,1-2H3. The minimum atomic E-state index is -0.167. The minimum Gasteiger partial charge on any atom is -0.264 e. The second-order valence-electron chi connectivity index (χ2n) is 14.5. The molecule has 0 amide bonds. The first-order valence-corrected chi connectivity index (χ1v) is 18.2. The predicted molar refractivity (Wildman–Crippen MR) is 220 cm³/mol. The molecule has 3 nitrogen and oxygen atoms in total. The van der Waals surface area contributed by atoms with Crippen LogP contribution in [0, 0.1) is 0 Å². The maximum atomic E-state index is 5.27. The van der Waals surface area contributed by atoms with Gasteiger partial charge in [-0.2, -0.15) is 0 Å². The van der Waals surface area contributed by atoms with Gasteiger partial charge in [-0.25, -0.2) is 9.97 Å². The molecule has 1 aliphatic rings. The molecule has 0 fully saturated rings. The highest BCUT2D eigenvalue weighted by Crippen LogP contribution is 2.54. The van der Waals surface area contributed by atoms with Crippen LogP contribution in [0.4, 0.5) is 0 Å². The van der Waals surface area contributed by atoms with Crippen LogP contribution in [0.5, 0.6) is 0 Å². The van der Waals surface area contributed by atoms with Gasteiger partial charge in [0.25, 0.3) is 0 Å². The Hall–Kier alpha value is -6.71. The SMILES string of the molecule is CC1(C)c2cc3ccccc3cc2-c2cccc(-c3ccc(-c4nc(-c5ccccc5)cc(-c5ccc(-c6cccnc6)cc5)n4)c4ccccc34)c21. The van der Waals surface area contributed by atoms with Crippen LogP contribution in [0.2, 0.25) is 0 Å². The Morgan fingerprint density at radius 3 is 1.72 bits per heavy atom. The lowest BCUT2D eigenvalue weighted by Crippen LogP contribution is -2.16. The summed E-state index contributed by atoms with van der Waals surface area (Å²) in [6, 6.07) is 58.6. The molecular weight excluding hydrogens is 643 g/mol. The van der Waals surface area contributed by atoms with E-state index < -0.39 is 0 Å². The van der Waals surface area contributed by atoms with Gasteiger partial charge in [0.15, 0.2) is 5.82 Å². The second kappa shape index (κ2) is 12.2. The van der Waals surface area contributed by atoms with Crippen molar-refractivity contribution >= 4 is 21.5 Å². The number of fused-ring (bicyclic) bond motifs is 5. The first-order valence-electron chi connectivity index (χ1n) is 18.2. The molecule has 0 radical (unpaired) electrons. The zero-order valence-corrected chi connectivity index (χ0v) is 29.6. The number of aromatic nitrogens is 3. The van der Waals surface area contributed by atoms with Crippen LogP contribution in [0.3, 0.4) is 0 Å². The second-order valence-corrected chi connectivity index (χ2v) is 14.5. The van der Waals surface area contributed by atoms with Gasteiger partial charge in [0.05, 0.1) is 11.4 Å². The van der Waals surface area contributed by atoms with Gasteiger partial charge < -0.3 is 0 Å². The number of pyridine rings is 1. The lowest BCUT2D eigenvalue weighted by Gasteiger charge is -2.25. The van der Waals surface area contributed by atoms with Gasteiger partial charge in [-0.3, -0.25) is 4.98 Å². The lowest BCUT2D eigenvalue weighted by atomic mass is 9.78. The zero-order valence-electron chi connectivity index (χ0n) is 29.6. The summed E-state index contributed by atoms with van der Waals surface area (Å²) in [6.07, 6.45) is 3.70. The Morgan fingerprint density at radius 1 is 0.415 bits per heavy atom. The highest BCUT2D eigenvalue weighted by Gasteiger charge is 2.38. The lowest BCUT2D eigenvalue weighted by molar-refractivity contribution is 0.663. The van der Waals surface area contributed by atoms with Gasteiger partial charge in [-0.15, -0.1) is 0 Å². The molecule has 0 atom stereocenters. The Labute approximate surface area is 309 Å². The van der Waals surface area contributed by atoms with Crippen LogP contribution in [-0.2, 0) is 5.41 Å².